The molecule has 6 nitrogen and oxygen atoms in total. The lowest BCUT2D eigenvalue weighted by Gasteiger charge is -2.10. The van der Waals surface area contributed by atoms with Crippen molar-refractivity contribution in [1.29, 1.82) is 0 Å². The van der Waals surface area contributed by atoms with Gasteiger partial charge in [-0.1, -0.05) is 12.1 Å². The van der Waals surface area contributed by atoms with Crippen molar-refractivity contribution in [3.05, 3.63) is 53.6 Å². The van der Waals surface area contributed by atoms with E-state index in [4.69, 9.17) is 14.2 Å². The first-order valence-electron chi connectivity index (χ1n) is 8.39. The molecule has 0 aliphatic carbocycles. The Morgan fingerprint density at radius 3 is 2.67 bits per heavy atom. The Labute approximate surface area is 158 Å². The fourth-order valence-electron chi connectivity index (χ4n) is 2.74. The van der Waals surface area contributed by atoms with E-state index in [2.05, 4.69) is 0 Å². The van der Waals surface area contributed by atoms with E-state index in [1.165, 1.54) is 31.4 Å². The van der Waals surface area contributed by atoms with Crippen molar-refractivity contribution in [3.8, 4) is 17.2 Å². The van der Waals surface area contributed by atoms with Crippen molar-refractivity contribution >= 4 is 21.7 Å². The van der Waals surface area contributed by atoms with Gasteiger partial charge in [-0.25, -0.2) is 8.42 Å². The predicted octanol–water partition coefficient (Wildman–Crippen LogP) is 3.16. The van der Waals surface area contributed by atoms with Crippen molar-refractivity contribution in [2.24, 2.45) is 0 Å². The summed E-state index contributed by atoms with van der Waals surface area (Å²) in [5.41, 5.74) is 1.07. The van der Waals surface area contributed by atoms with Crippen molar-refractivity contribution < 1.29 is 27.4 Å². The minimum absolute atomic E-state index is 0.0458. The topological polar surface area (TPSA) is 78.9 Å². The van der Waals surface area contributed by atoms with Gasteiger partial charge < -0.3 is 14.2 Å². The van der Waals surface area contributed by atoms with E-state index in [0.717, 1.165) is 18.2 Å². The van der Waals surface area contributed by atoms with Crippen LogP contribution in [0, 0.1) is 0 Å². The molecule has 0 saturated heterocycles. The number of rotatable bonds is 5. The lowest BCUT2D eigenvalue weighted by atomic mass is 10.1. The molecule has 0 fully saturated rings. The normalized spacial score (nSPS) is 14.0. The Hall–Kier alpha value is -2.80. The molecular weight excluding hydrogens is 368 g/mol. The molecule has 2 aromatic carbocycles. The number of benzene rings is 2. The number of sulfone groups is 1. The Bertz CT molecular complexity index is 992. The molecule has 2 aromatic rings. The summed E-state index contributed by atoms with van der Waals surface area (Å²) in [6.45, 7) is 1.14. The second kappa shape index (κ2) is 7.84. The Morgan fingerprint density at radius 1 is 1.15 bits per heavy atom. The first-order chi connectivity index (χ1) is 12.9. The fourth-order valence-corrected chi connectivity index (χ4v) is 3.56. The highest BCUT2D eigenvalue weighted by atomic mass is 32.2. The lowest BCUT2D eigenvalue weighted by Crippen LogP contribution is -2.03. The second-order valence-corrected chi connectivity index (χ2v) is 8.04. The number of methoxy groups -OCH3 is 1. The summed E-state index contributed by atoms with van der Waals surface area (Å²) in [4.78, 5) is 12.6. The highest BCUT2D eigenvalue weighted by Gasteiger charge is 2.17. The van der Waals surface area contributed by atoms with E-state index in [-0.39, 0.29) is 16.4 Å². The van der Waals surface area contributed by atoms with Crippen molar-refractivity contribution in [1.82, 2.24) is 0 Å². The van der Waals surface area contributed by atoms with Crippen LogP contribution in [0.25, 0.3) is 6.08 Å². The van der Waals surface area contributed by atoms with Gasteiger partial charge in [0.2, 0.25) is 0 Å². The molecule has 0 spiro atoms. The third-order valence-corrected chi connectivity index (χ3v) is 5.20. The SMILES string of the molecule is COc1cc(C(=O)/C=C/c2cccc3c2OCCCO3)ccc1S(C)(=O)=O. The minimum Gasteiger partial charge on any atom is -0.495 e. The number of carbonyl (C=O) groups is 1. The number of para-hydroxylation sites is 1. The molecule has 0 aromatic heterocycles. The summed E-state index contributed by atoms with van der Waals surface area (Å²) in [5, 5.41) is 0. The maximum absolute atomic E-state index is 12.5. The molecule has 0 radical (unpaired) electrons. The zero-order valence-corrected chi connectivity index (χ0v) is 15.9. The van der Waals surface area contributed by atoms with Crippen molar-refractivity contribution in [2.75, 3.05) is 26.6 Å². The molecule has 27 heavy (non-hydrogen) atoms. The van der Waals surface area contributed by atoms with Crippen LogP contribution in [0.5, 0.6) is 17.2 Å². The van der Waals surface area contributed by atoms with Gasteiger partial charge in [0, 0.05) is 23.8 Å². The van der Waals surface area contributed by atoms with Gasteiger partial charge in [0.05, 0.1) is 20.3 Å². The molecule has 0 amide bonds. The van der Waals surface area contributed by atoms with E-state index in [9.17, 15) is 13.2 Å². The zero-order valence-electron chi connectivity index (χ0n) is 15.1. The van der Waals surface area contributed by atoms with E-state index in [1.54, 1.807) is 6.08 Å². The zero-order chi connectivity index (χ0) is 19.4. The molecule has 1 heterocycles. The number of fused-ring (bicyclic) bond motifs is 1. The van der Waals surface area contributed by atoms with Crippen LogP contribution in [-0.4, -0.2) is 40.8 Å². The van der Waals surface area contributed by atoms with Crippen LogP contribution in [0.1, 0.15) is 22.3 Å². The summed E-state index contributed by atoms with van der Waals surface area (Å²) < 4.78 is 40.0. The smallest absolute Gasteiger partial charge is 0.185 e. The molecular formula is C20H20O6S. The molecule has 0 saturated carbocycles. The van der Waals surface area contributed by atoms with Crippen molar-refractivity contribution in [3.63, 3.8) is 0 Å². The molecule has 0 unspecified atom stereocenters. The first kappa shape index (κ1) is 19.0. The molecule has 3 rings (SSSR count). The number of hydrogen-bond donors (Lipinski definition) is 0. The molecule has 1 aliphatic heterocycles. The van der Waals surface area contributed by atoms with Crippen LogP contribution in [-0.2, 0) is 9.84 Å². The van der Waals surface area contributed by atoms with Crippen LogP contribution in [0.3, 0.4) is 0 Å². The molecule has 1 aliphatic rings. The van der Waals surface area contributed by atoms with Gasteiger partial charge in [-0.2, -0.15) is 0 Å². The molecule has 0 N–H and O–H groups in total. The lowest BCUT2D eigenvalue weighted by molar-refractivity contribution is 0.104. The van der Waals surface area contributed by atoms with E-state index in [0.29, 0.717) is 30.3 Å². The quantitative estimate of drug-likeness (QED) is 0.578. The monoisotopic (exact) mass is 388 g/mol. The average molecular weight is 388 g/mol. The molecule has 0 atom stereocenters. The number of allylic oxidation sites excluding steroid dienone is 1. The number of ketones is 1. The Morgan fingerprint density at radius 2 is 1.93 bits per heavy atom. The molecule has 0 bridgehead atoms. The number of ether oxygens (including phenoxy) is 3. The fraction of sp³-hybridized carbons (Fsp3) is 0.250. The standard InChI is InChI=1S/C20H20O6S/c1-24-18-13-15(8-10-19(18)27(2,22)23)16(21)9-7-14-5-3-6-17-20(14)26-12-4-11-25-17/h3,5-10,13H,4,11-12H2,1-2H3/b9-7+. The van der Waals surface area contributed by atoms with Crippen LogP contribution in [0.15, 0.2) is 47.4 Å². The Balaban J connectivity index is 1.88. The van der Waals surface area contributed by atoms with Gasteiger partial charge in [-0.15, -0.1) is 0 Å². The second-order valence-electron chi connectivity index (χ2n) is 6.06. The third kappa shape index (κ3) is 4.31. The van der Waals surface area contributed by atoms with E-state index >= 15 is 0 Å². The summed E-state index contributed by atoms with van der Waals surface area (Å²) in [7, 11) is -2.08. The number of carbonyl (C=O) groups excluding carboxylic acids is 1. The van der Waals surface area contributed by atoms with Gasteiger partial charge >= 0.3 is 0 Å². The summed E-state index contributed by atoms with van der Waals surface area (Å²) in [6, 6.07) is 9.77. The maximum atomic E-state index is 12.5. The van der Waals surface area contributed by atoms with E-state index in [1.807, 2.05) is 18.2 Å². The maximum Gasteiger partial charge on any atom is 0.185 e. The first-order valence-corrected chi connectivity index (χ1v) is 10.3. The van der Waals surface area contributed by atoms with Gasteiger partial charge in [0.25, 0.3) is 0 Å². The van der Waals surface area contributed by atoms with Gasteiger partial charge in [-0.05, 0) is 36.4 Å². The largest absolute Gasteiger partial charge is 0.495 e. The summed E-state index contributed by atoms with van der Waals surface area (Å²) in [5.74, 6) is 1.13. The van der Waals surface area contributed by atoms with Gasteiger partial charge in [0.15, 0.2) is 27.1 Å². The summed E-state index contributed by atoms with van der Waals surface area (Å²) >= 11 is 0. The van der Waals surface area contributed by atoms with Gasteiger partial charge in [-0.3, -0.25) is 4.79 Å². The molecule has 7 heteroatoms. The predicted molar refractivity (Wildman–Crippen MR) is 102 cm³/mol. The highest BCUT2D eigenvalue weighted by Crippen LogP contribution is 2.34. The van der Waals surface area contributed by atoms with Crippen molar-refractivity contribution in [2.45, 2.75) is 11.3 Å². The highest BCUT2D eigenvalue weighted by molar-refractivity contribution is 7.90. The Kier molecular flexibility index (Phi) is 5.51. The van der Waals surface area contributed by atoms with Crippen LogP contribution in [0.2, 0.25) is 0 Å². The number of hydrogen-bond acceptors (Lipinski definition) is 6. The summed E-state index contributed by atoms with van der Waals surface area (Å²) in [6.07, 6.45) is 4.96. The van der Waals surface area contributed by atoms with Crippen LogP contribution < -0.4 is 14.2 Å². The van der Waals surface area contributed by atoms with Crippen LogP contribution >= 0.6 is 0 Å². The molecule has 142 valence electrons. The average Bonchev–Trinajstić information content (AvgIpc) is 2.90. The van der Waals surface area contributed by atoms with Gasteiger partial charge in [0.1, 0.15) is 10.6 Å². The van der Waals surface area contributed by atoms with E-state index < -0.39 is 9.84 Å². The van der Waals surface area contributed by atoms with Crippen LogP contribution in [0.4, 0.5) is 0 Å². The minimum atomic E-state index is -3.44. The third-order valence-electron chi connectivity index (χ3n) is 4.06.